The molecule has 2 aliphatic heterocycles. The van der Waals surface area contributed by atoms with Gasteiger partial charge in [0.1, 0.15) is 41.4 Å². The van der Waals surface area contributed by atoms with E-state index >= 15 is 4.39 Å². The lowest BCUT2D eigenvalue weighted by Crippen LogP contribution is -2.41. The monoisotopic (exact) mass is 1280 g/mol. The highest BCUT2D eigenvalue weighted by Crippen LogP contribution is 2.39. The number of pyridine rings is 4. The minimum Gasteiger partial charge on any atom is -0.536 e. The van der Waals surface area contributed by atoms with Crippen molar-refractivity contribution in [1.29, 1.82) is 0 Å². The molecular formula is C50H43BBrF8N10O12S2. The maximum atomic E-state index is 15.5. The number of ether oxygens (including phenoxy) is 2. The molecule has 10 rings (SSSR count). The van der Waals surface area contributed by atoms with Crippen LogP contribution in [0.25, 0.3) is 22.5 Å². The summed E-state index contributed by atoms with van der Waals surface area (Å²) in [7, 11) is -4.87. The number of anilines is 2. The Kier molecular flexibility index (Phi) is 18.4. The Hall–Kier alpha value is -8.18. The summed E-state index contributed by atoms with van der Waals surface area (Å²) < 4.78 is 191. The van der Waals surface area contributed by atoms with Crippen molar-refractivity contribution >= 4 is 55.7 Å². The van der Waals surface area contributed by atoms with Crippen molar-refractivity contribution < 1.29 is 80.2 Å². The average molecular weight is 1280 g/mol. The maximum absolute atomic E-state index is 15.5. The standard InChI is InChI=1S/C25H21F4N5O5S.C18H16BrFN4O5S.C7H6BF3NO2/c1-14-17(9-16(12-30-14)25(27,28)29)18-10-22(38-2)21(11-19(18)26)34-20-5-7-33(13-15(20)3-4-24(34)35)40(36,37)32-23-6-8-39-31-23;1-28-16-8-12(19)13(20)9-15(16)24-14-4-6-23(10-11(14)2-3-18(24)25)30(26,27)22-17-5-7-29-21-17;1-4-6(14-8-13)2-5(3-12-4)7(9,10)11/h3-4,6,8-12H,5,7,13H2,1-2H3,(H,31,32);2-3,5,7-9H,4,6,10H2,1H3,(H,21,22);2-3,13H,1H3. The molecule has 1 radical (unpaired) electrons. The lowest BCUT2D eigenvalue weighted by atomic mass is 10.00. The number of nitrogens with zero attached hydrogens (tertiary/aromatic N) is 8. The van der Waals surface area contributed by atoms with E-state index in [9.17, 15) is 57.2 Å². The van der Waals surface area contributed by atoms with Crippen molar-refractivity contribution in [2.45, 2.75) is 52.1 Å². The van der Waals surface area contributed by atoms with E-state index < -0.39 is 61.1 Å². The van der Waals surface area contributed by atoms with Crippen molar-refractivity contribution in [2.24, 2.45) is 0 Å². The molecule has 8 heterocycles. The maximum Gasteiger partial charge on any atom is 0.569 e. The zero-order valence-electron chi connectivity index (χ0n) is 43.8. The fourth-order valence-corrected chi connectivity index (χ4v) is 11.3. The Morgan fingerprint density at radius 3 is 1.55 bits per heavy atom. The summed E-state index contributed by atoms with van der Waals surface area (Å²) in [6.45, 7) is 2.96. The summed E-state index contributed by atoms with van der Waals surface area (Å²) in [6.07, 6.45) is -4.97. The quantitative estimate of drug-likeness (QED) is 0.0733. The summed E-state index contributed by atoms with van der Waals surface area (Å²) in [4.78, 5) is 32.9. The molecule has 84 heavy (non-hydrogen) atoms. The van der Waals surface area contributed by atoms with Crippen LogP contribution in [-0.4, -0.2) is 94.9 Å². The first-order chi connectivity index (χ1) is 39.6. The molecule has 22 nitrogen and oxygen atoms in total. The molecule has 0 spiro atoms. The third-order valence-corrected chi connectivity index (χ3v) is 16.2. The van der Waals surface area contributed by atoms with Gasteiger partial charge in [-0.2, -0.15) is 51.8 Å². The van der Waals surface area contributed by atoms with Crippen LogP contribution in [0, 0.1) is 25.5 Å². The van der Waals surface area contributed by atoms with Gasteiger partial charge in [0.25, 0.3) is 11.1 Å². The van der Waals surface area contributed by atoms with E-state index in [4.69, 9.17) is 14.5 Å². The molecule has 2 aromatic carbocycles. The molecule has 0 saturated carbocycles. The third kappa shape index (κ3) is 13.7. The van der Waals surface area contributed by atoms with Crippen molar-refractivity contribution in [2.75, 3.05) is 36.8 Å². The normalized spacial score (nSPS) is 13.7. The number of alkyl halides is 6. The van der Waals surface area contributed by atoms with E-state index in [1.54, 1.807) is 6.07 Å². The Morgan fingerprint density at radius 1 is 0.631 bits per heavy atom. The van der Waals surface area contributed by atoms with E-state index in [1.807, 2.05) is 0 Å². The predicted octanol–water partition coefficient (Wildman–Crippen LogP) is 7.84. The molecule has 0 atom stereocenters. The van der Waals surface area contributed by atoms with E-state index in [-0.39, 0.29) is 106 Å². The number of methoxy groups -OCH3 is 2. The number of fused-ring (bicyclic) bond motifs is 2. The number of nitrogens with one attached hydrogen (secondary N) is 2. The summed E-state index contributed by atoms with van der Waals surface area (Å²) in [6, 6.07) is 14.8. The lowest BCUT2D eigenvalue weighted by molar-refractivity contribution is -0.138. The molecule has 34 heteroatoms. The smallest absolute Gasteiger partial charge is 0.536 e. The molecule has 0 bridgehead atoms. The Morgan fingerprint density at radius 2 is 1.10 bits per heavy atom. The Balaban J connectivity index is 0.000000183. The molecule has 0 unspecified atom stereocenters. The molecule has 2 aliphatic rings. The van der Waals surface area contributed by atoms with Crippen molar-refractivity contribution in [3.63, 3.8) is 0 Å². The second-order valence-electron chi connectivity index (χ2n) is 17.9. The number of rotatable bonds is 13. The van der Waals surface area contributed by atoms with Crippen LogP contribution < -0.4 is 34.7 Å². The van der Waals surface area contributed by atoms with Gasteiger partial charge in [-0.05, 0) is 65.2 Å². The molecular weight excluding hydrogens is 1240 g/mol. The van der Waals surface area contributed by atoms with Gasteiger partial charge in [0, 0.05) is 116 Å². The number of aromatic nitrogens is 6. The SMILES string of the molecule is COc1cc(-c2cc(C(F)(F)F)cnc2C)c(F)cc1-n1c2c(ccc1=O)CN(S(=O)(=O)Nc1ccon1)CC2.COc1cc(Br)c(F)cc1-n1c2c(ccc1=O)CN(S(=O)(=O)Nc1ccon1)CC2.Cc1ncc(C(F)(F)F)cc1O[B]O. The van der Waals surface area contributed by atoms with Crippen LogP contribution in [0.3, 0.4) is 0 Å². The highest BCUT2D eigenvalue weighted by Gasteiger charge is 2.35. The molecule has 0 aliphatic carbocycles. The van der Waals surface area contributed by atoms with Crippen LogP contribution in [-0.2, 0) is 58.7 Å². The van der Waals surface area contributed by atoms with Crippen LogP contribution >= 0.6 is 15.9 Å². The fraction of sp³-hybridized carbons (Fsp3) is 0.240. The highest BCUT2D eigenvalue weighted by atomic mass is 79.9. The lowest BCUT2D eigenvalue weighted by Gasteiger charge is -2.30. The number of halogens is 9. The van der Waals surface area contributed by atoms with E-state index in [1.165, 1.54) is 103 Å². The largest absolute Gasteiger partial charge is 0.569 e. The first-order valence-electron chi connectivity index (χ1n) is 24.1. The number of benzene rings is 2. The van der Waals surface area contributed by atoms with Crippen molar-refractivity contribution in [1.82, 2.24) is 38.0 Å². The van der Waals surface area contributed by atoms with Crippen molar-refractivity contribution in [3.05, 3.63) is 180 Å². The second-order valence-corrected chi connectivity index (χ2v) is 22.1. The topological polar surface area (TPSA) is 269 Å². The zero-order valence-corrected chi connectivity index (χ0v) is 47.0. The summed E-state index contributed by atoms with van der Waals surface area (Å²) in [5, 5.41) is 15.4. The van der Waals surface area contributed by atoms with Crippen LogP contribution in [0.2, 0.25) is 0 Å². The molecule has 0 fully saturated rings. The second kappa shape index (κ2) is 25.0. The van der Waals surface area contributed by atoms with Gasteiger partial charge in [0.05, 0.1) is 46.9 Å². The van der Waals surface area contributed by atoms with E-state index in [0.717, 1.165) is 22.5 Å². The summed E-state index contributed by atoms with van der Waals surface area (Å²) >= 11 is 3.11. The number of hydrogen-bond acceptors (Lipinski definition) is 16. The Labute approximate surface area is 480 Å². The molecule has 443 valence electrons. The van der Waals surface area contributed by atoms with Gasteiger partial charge in [-0.25, -0.2) is 8.78 Å². The van der Waals surface area contributed by atoms with Gasteiger partial charge in [-0.15, -0.1) is 0 Å². The van der Waals surface area contributed by atoms with Gasteiger partial charge in [0.2, 0.25) is 0 Å². The van der Waals surface area contributed by atoms with Crippen LogP contribution in [0.1, 0.15) is 45.0 Å². The van der Waals surface area contributed by atoms with E-state index in [0.29, 0.717) is 48.3 Å². The molecule has 0 saturated heterocycles. The van der Waals surface area contributed by atoms with Gasteiger partial charge in [-0.1, -0.05) is 22.4 Å². The minimum atomic E-state index is -4.68. The van der Waals surface area contributed by atoms with Crippen LogP contribution in [0.4, 0.5) is 46.8 Å². The van der Waals surface area contributed by atoms with Crippen molar-refractivity contribution in [3.8, 4) is 39.8 Å². The molecule has 0 amide bonds. The summed E-state index contributed by atoms with van der Waals surface area (Å²) in [5.41, 5.74) is -0.302. The minimum absolute atomic E-state index is 0.00211. The average Bonchev–Trinajstić information content (AvgIpc) is 3.32. The van der Waals surface area contributed by atoms with Gasteiger partial charge in [0.15, 0.2) is 11.6 Å². The third-order valence-electron chi connectivity index (χ3n) is 12.7. The van der Waals surface area contributed by atoms with Gasteiger partial charge in [-0.3, -0.25) is 38.1 Å². The molecule has 6 aromatic heterocycles. The van der Waals surface area contributed by atoms with Crippen LogP contribution in [0.15, 0.2) is 121 Å². The Bertz CT molecular complexity index is 4090. The zero-order chi connectivity index (χ0) is 61.1. The van der Waals surface area contributed by atoms with Crippen LogP contribution in [0.5, 0.6) is 17.2 Å². The summed E-state index contributed by atoms with van der Waals surface area (Å²) in [5.74, 6) is -1.17. The fourth-order valence-electron chi connectivity index (χ4n) is 8.68. The predicted molar refractivity (Wildman–Crippen MR) is 287 cm³/mol. The number of aryl methyl sites for hydroxylation is 2. The van der Waals surface area contributed by atoms with Gasteiger partial charge >= 0.3 is 40.5 Å². The molecule has 3 N–H and O–H groups in total. The first-order valence-corrected chi connectivity index (χ1v) is 27.8. The highest BCUT2D eigenvalue weighted by molar-refractivity contribution is 9.10. The van der Waals surface area contributed by atoms with Gasteiger partial charge < -0.3 is 28.2 Å². The van der Waals surface area contributed by atoms with E-state index in [2.05, 4.69) is 59.4 Å². The molecule has 8 aromatic rings. The first kappa shape index (κ1) is 61.9. The number of hydrogen-bond donors (Lipinski definition) is 3.